The molecule has 2 rings (SSSR count). The number of anilines is 2. The summed E-state index contributed by atoms with van der Waals surface area (Å²) >= 11 is 0. The minimum Gasteiger partial charge on any atom is -0.478 e. The quantitative estimate of drug-likeness (QED) is 0.877. The highest BCUT2D eigenvalue weighted by Crippen LogP contribution is 2.23. The molecule has 0 fully saturated rings. The van der Waals surface area contributed by atoms with Gasteiger partial charge in [-0.2, -0.15) is 5.10 Å². The second-order valence-electron chi connectivity index (χ2n) is 3.80. The highest BCUT2D eigenvalue weighted by atomic mass is 16.5. The molecule has 0 saturated heterocycles. The van der Waals surface area contributed by atoms with Gasteiger partial charge < -0.3 is 10.1 Å². The van der Waals surface area contributed by atoms with Crippen molar-refractivity contribution in [3.05, 3.63) is 24.3 Å². The van der Waals surface area contributed by atoms with Gasteiger partial charge in [-0.15, -0.1) is 0 Å². The fourth-order valence-corrected chi connectivity index (χ4v) is 1.58. The van der Waals surface area contributed by atoms with Crippen molar-refractivity contribution in [1.29, 1.82) is 0 Å². The fraction of sp³-hybridized carbons (Fsp3) is 0.417. The minimum atomic E-state index is 0.588. The van der Waals surface area contributed by atoms with Crippen molar-refractivity contribution in [2.75, 3.05) is 11.9 Å². The van der Waals surface area contributed by atoms with Crippen LogP contribution >= 0.6 is 0 Å². The summed E-state index contributed by atoms with van der Waals surface area (Å²) in [4.78, 5) is 8.31. The maximum Gasteiger partial charge on any atom is 0.221 e. The molecule has 0 atom stereocenters. The Bertz CT molecular complexity index is 523. The van der Waals surface area contributed by atoms with E-state index in [0.717, 1.165) is 23.6 Å². The highest BCUT2D eigenvalue weighted by Gasteiger charge is 2.08. The number of hydrogen-bond acceptors (Lipinski definition) is 5. The molecule has 2 aromatic heterocycles. The van der Waals surface area contributed by atoms with Crippen molar-refractivity contribution in [1.82, 2.24) is 19.7 Å². The van der Waals surface area contributed by atoms with Crippen LogP contribution in [0.3, 0.4) is 0 Å². The third kappa shape index (κ3) is 2.58. The Balaban J connectivity index is 2.20. The molecule has 0 radical (unpaired) electrons. The van der Waals surface area contributed by atoms with Crippen LogP contribution in [0.5, 0.6) is 5.88 Å². The standard InChI is InChI=1S/C12H17N5O/c1-4-17-7-10(6-15-17)16-11-9(3)12(18-5-2)14-8-13-11/h6-8H,4-5H2,1-3H3,(H,13,14,16). The summed E-state index contributed by atoms with van der Waals surface area (Å²) in [5, 5.41) is 7.41. The largest absolute Gasteiger partial charge is 0.478 e. The molecule has 96 valence electrons. The first-order chi connectivity index (χ1) is 8.74. The lowest BCUT2D eigenvalue weighted by Crippen LogP contribution is -2.02. The van der Waals surface area contributed by atoms with Gasteiger partial charge in [0.25, 0.3) is 0 Å². The van der Waals surface area contributed by atoms with E-state index in [2.05, 4.69) is 20.4 Å². The summed E-state index contributed by atoms with van der Waals surface area (Å²) in [6.07, 6.45) is 5.19. The van der Waals surface area contributed by atoms with E-state index < -0.39 is 0 Å². The molecule has 0 aromatic carbocycles. The van der Waals surface area contributed by atoms with Crippen LogP contribution in [0, 0.1) is 6.92 Å². The summed E-state index contributed by atoms with van der Waals surface area (Å²) in [7, 11) is 0. The van der Waals surface area contributed by atoms with Crippen LogP contribution in [-0.2, 0) is 6.54 Å². The SMILES string of the molecule is CCOc1ncnc(Nc2cnn(CC)c2)c1C. The van der Waals surface area contributed by atoms with Crippen LogP contribution in [-0.4, -0.2) is 26.4 Å². The zero-order chi connectivity index (χ0) is 13.0. The van der Waals surface area contributed by atoms with E-state index in [1.54, 1.807) is 6.20 Å². The van der Waals surface area contributed by atoms with Crippen LogP contribution in [0.4, 0.5) is 11.5 Å². The average Bonchev–Trinajstić information content (AvgIpc) is 2.82. The maximum absolute atomic E-state index is 5.43. The van der Waals surface area contributed by atoms with Gasteiger partial charge in [-0.3, -0.25) is 4.68 Å². The lowest BCUT2D eigenvalue weighted by molar-refractivity contribution is 0.324. The molecule has 18 heavy (non-hydrogen) atoms. The number of nitrogens with zero attached hydrogens (tertiary/aromatic N) is 4. The summed E-state index contributed by atoms with van der Waals surface area (Å²) in [5.41, 5.74) is 1.80. The van der Waals surface area contributed by atoms with Crippen molar-refractivity contribution < 1.29 is 4.74 Å². The third-order valence-corrected chi connectivity index (χ3v) is 2.54. The molecule has 1 N–H and O–H groups in total. The molecule has 0 aliphatic heterocycles. The molecule has 0 spiro atoms. The molecular weight excluding hydrogens is 230 g/mol. The molecular formula is C12H17N5O. The van der Waals surface area contributed by atoms with Gasteiger partial charge in [-0.1, -0.05) is 0 Å². The van der Waals surface area contributed by atoms with Crippen molar-refractivity contribution in [3.63, 3.8) is 0 Å². The van der Waals surface area contributed by atoms with Crippen molar-refractivity contribution in [2.24, 2.45) is 0 Å². The Hall–Kier alpha value is -2.11. The lowest BCUT2D eigenvalue weighted by Gasteiger charge is -2.09. The number of nitrogens with one attached hydrogen (secondary N) is 1. The summed E-state index contributed by atoms with van der Waals surface area (Å²) in [6, 6.07) is 0. The first-order valence-corrected chi connectivity index (χ1v) is 5.98. The molecule has 0 saturated carbocycles. The monoisotopic (exact) mass is 247 g/mol. The predicted molar refractivity (Wildman–Crippen MR) is 69.1 cm³/mol. The van der Waals surface area contributed by atoms with Gasteiger partial charge in [-0.25, -0.2) is 9.97 Å². The number of ether oxygens (including phenoxy) is 1. The summed E-state index contributed by atoms with van der Waals surface area (Å²) in [5.74, 6) is 1.35. The molecule has 6 heteroatoms. The fourth-order valence-electron chi connectivity index (χ4n) is 1.58. The summed E-state index contributed by atoms with van der Waals surface area (Å²) < 4.78 is 7.28. The van der Waals surface area contributed by atoms with Crippen LogP contribution < -0.4 is 10.1 Å². The topological polar surface area (TPSA) is 64.9 Å². The average molecular weight is 247 g/mol. The lowest BCUT2D eigenvalue weighted by atomic mass is 10.3. The Kier molecular flexibility index (Phi) is 3.76. The molecule has 6 nitrogen and oxygen atoms in total. The second-order valence-corrected chi connectivity index (χ2v) is 3.80. The molecule has 0 unspecified atom stereocenters. The van der Waals surface area contributed by atoms with Crippen LogP contribution in [0.2, 0.25) is 0 Å². The van der Waals surface area contributed by atoms with Crippen molar-refractivity contribution in [2.45, 2.75) is 27.3 Å². The first-order valence-electron chi connectivity index (χ1n) is 5.98. The van der Waals surface area contributed by atoms with Crippen LogP contribution in [0.15, 0.2) is 18.7 Å². The van der Waals surface area contributed by atoms with Gasteiger partial charge >= 0.3 is 0 Å². The number of aryl methyl sites for hydroxylation is 1. The van der Waals surface area contributed by atoms with E-state index in [-0.39, 0.29) is 0 Å². The normalized spacial score (nSPS) is 10.4. The van der Waals surface area contributed by atoms with Crippen molar-refractivity contribution in [3.8, 4) is 5.88 Å². The zero-order valence-corrected chi connectivity index (χ0v) is 10.8. The minimum absolute atomic E-state index is 0.588. The Morgan fingerprint density at radius 1 is 1.33 bits per heavy atom. The number of aromatic nitrogens is 4. The smallest absolute Gasteiger partial charge is 0.221 e. The van der Waals surface area contributed by atoms with Crippen LogP contribution in [0.25, 0.3) is 0 Å². The molecule has 0 aliphatic carbocycles. The van der Waals surface area contributed by atoms with E-state index in [1.165, 1.54) is 6.33 Å². The first kappa shape index (κ1) is 12.3. The van der Waals surface area contributed by atoms with Gasteiger partial charge in [0.1, 0.15) is 12.1 Å². The van der Waals surface area contributed by atoms with E-state index in [1.807, 2.05) is 31.6 Å². The Morgan fingerprint density at radius 3 is 2.83 bits per heavy atom. The van der Waals surface area contributed by atoms with E-state index in [4.69, 9.17) is 4.74 Å². The van der Waals surface area contributed by atoms with Crippen LogP contribution in [0.1, 0.15) is 19.4 Å². The van der Waals surface area contributed by atoms with Crippen molar-refractivity contribution >= 4 is 11.5 Å². The third-order valence-electron chi connectivity index (χ3n) is 2.54. The van der Waals surface area contributed by atoms with E-state index >= 15 is 0 Å². The molecule has 2 aromatic rings. The van der Waals surface area contributed by atoms with E-state index in [9.17, 15) is 0 Å². The summed E-state index contributed by atoms with van der Waals surface area (Å²) in [6.45, 7) is 7.33. The maximum atomic E-state index is 5.43. The van der Waals surface area contributed by atoms with Gasteiger partial charge in [0, 0.05) is 12.7 Å². The van der Waals surface area contributed by atoms with Gasteiger partial charge in [0.2, 0.25) is 5.88 Å². The second kappa shape index (κ2) is 5.48. The molecule has 0 amide bonds. The van der Waals surface area contributed by atoms with Gasteiger partial charge in [0.15, 0.2) is 0 Å². The Labute approximate surface area is 106 Å². The number of rotatable bonds is 5. The number of hydrogen-bond donors (Lipinski definition) is 1. The molecule has 2 heterocycles. The predicted octanol–water partition coefficient (Wildman–Crippen LogP) is 2.14. The zero-order valence-electron chi connectivity index (χ0n) is 10.8. The van der Waals surface area contributed by atoms with Gasteiger partial charge in [0.05, 0.1) is 24.1 Å². The molecule has 0 bridgehead atoms. The Morgan fingerprint density at radius 2 is 2.17 bits per heavy atom. The highest BCUT2D eigenvalue weighted by molar-refractivity contribution is 5.59. The van der Waals surface area contributed by atoms with E-state index in [0.29, 0.717) is 12.5 Å². The molecule has 0 aliphatic rings. The van der Waals surface area contributed by atoms with Gasteiger partial charge in [-0.05, 0) is 20.8 Å².